The normalized spacial score (nSPS) is 22.1. The van der Waals surface area contributed by atoms with Gasteiger partial charge in [0.2, 0.25) is 0 Å². The van der Waals surface area contributed by atoms with Crippen molar-refractivity contribution in [2.24, 2.45) is 0 Å². The third kappa shape index (κ3) is 5.74. The molecule has 2 aliphatic heterocycles. The highest BCUT2D eigenvalue weighted by Crippen LogP contribution is 2.57. The molecular formula is C59H73BN2. The van der Waals surface area contributed by atoms with Gasteiger partial charge in [0.1, 0.15) is 0 Å². The molecule has 0 bridgehead atoms. The molecule has 0 radical (unpaired) electrons. The fraction of sp³-hybridized carbons (Fsp3) is 0.492. The van der Waals surface area contributed by atoms with E-state index >= 15 is 0 Å². The number of anilines is 6. The molecule has 0 saturated carbocycles. The molecule has 0 fully saturated rings. The first-order chi connectivity index (χ1) is 29.8. The standard InChI is InChI=1S/C59H73BN2/c1-34-25-49-52-50(26-34)62(46-30-42-39(27-35(46)2)57(13,14)32-58(42,15)16)48-31-41-40(54(7,8)23-24-55(41,9)10)29-44(48)60(52)43-21-19-37(53(4,5)6)28-47(43)61(49)45-22-20-38-51(36(45)3)59(17,18)33-56(38,11)12/h19-22,25-31H,23-24,32-33H2,1-18H3/i1D3. The Kier molecular flexibility index (Phi) is 7.72. The van der Waals surface area contributed by atoms with Crippen molar-refractivity contribution in [3.63, 3.8) is 0 Å². The molecule has 3 aliphatic carbocycles. The van der Waals surface area contributed by atoms with E-state index in [0.717, 1.165) is 54.1 Å². The van der Waals surface area contributed by atoms with Gasteiger partial charge in [0.15, 0.2) is 0 Å². The molecule has 2 heterocycles. The number of hydrogen-bond donors (Lipinski definition) is 0. The Morgan fingerprint density at radius 2 is 1.02 bits per heavy atom. The van der Waals surface area contributed by atoms with E-state index in [4.69, 9.17) is 0 Å². The van der Waals surface area contributed by atoms with Crippen LogP contribution < -0.4 is 26.2 Å². The van der Waals surface area contributed by atoms with Gasteiger partial charge >= 0.3 is 0 Å². The molecule has 0 N–H and O–H groups in total. The first kappa shape index (κ1) is 38.2. The van der Waals surface area contributed by atoms with Crippen LogP contribution in [0, 0.1) is 20.7 Å². The number of hydrogen-bond acceptors (Lipinski definition) is 2. The van der Waals surface area contributed by atoms with Crippen molar-refractivity contribution < 1.29 is 4.11 Å². The minimum Gasteiger partial charge on any atom is -0.311 e. The van der Waals surface area contributed by atoms with Gasteiger partial charge < -0.3 is 9.80 Å². The van der Waals surface area contributed by atoms with Crippen molar-refractivity contribution in [1.29, 1.82) is 0 Å². The summed E-state index contributed by atoms with van der Waals surface area (Å²) in [5.74, 6) is 0. The number of benzene rings is 5. The van der Waals surface area contributed by atoms with Crippen LogP contribution >= 0.6 is 0 Å². The molecule has 5 aliphatic rings. The van der Waals surface area contributed by atoms with Crippen molar-refractivity contribution in [2.45, 2.75) is 188 Å². The third-order valence-electron chi connectivity index (χ3n) is 16.8. The maximum Gasteiger partial charge on any atom is 0.252 e. The molecule has 0 atom stereocenters. The Bertz CT molecular complexity index is 2880. The van der Waals surface area contributed by atoms with E-state index in [-0.39, 0.29) is 44.6 Å². The Morgan fingerprint density at radius 1 is 0.500 bits per heavy atom. The lowest BCUT2D eigenvalue weighted by molar-refractivity contribution is 0.332. The van der Waals surface area contributed by atoms with E-state index in [9.17, 15) is 4.11 Å². The van der Waals surface area contributed by atoms with E-state index in [1.54, 1.807) is 0 Å². The van der Waals surface area contributed by atoms with Crippen LogP contribution in [0.1, 0.15) is 189 Å². The minimum absolute atomic E-state index is 0.000234. The monoisotopic (exact) mass is 824 g/mol. The Morgan fingerprint density at radius 3 is 1.63 bits per heavy atom. The zero-order chi connectivity index (χ0) is 47.3. The average molecular weight is 824 g/mol. The van der Waals surface area contributed by atoms with Gasteiger partial charge in [0, 0.05) is 38.2 Å². The Balaban J connectivity index is 1.38. The van der Waals surface area contributed by atoms with Crippen LogP contribution in [-0.2, 0) is 37.9 Å². The zero-order valence-electron chi connectivity index (χ0n) is 44.2. The van der Waals surface area contributed by atoms with Gasteiger partial charge in [-0.05, 0) is 193 Å². The average Bonchev–Trinajstić information content (AvgIpc) is 3.49. The molecule has 0 saturated heterocycles. The van der Waals surface area contributed by atoms with Crippen LogP contribution in [0.4, 0.5) is 34.1 Å². The molecule has 2 nitrogen and oxygen atoms in total. The zero-order valence-corrected chi connectivity index (χ0v) is 41.2. The van der Waals surface area contributed by atoms with Crippen molar-refractivity contribution >= 4 is 57.2 Å². The summed E-state index contributed by atoms with van der Waals surface area (Å²) < 4.78 is 27.5. The van der Waals surface area contributed by atoms with Gasteiger partial charge in [-0.3, -0.25) is 0 Å². The summed E-state index contributed by atoms with van der Waals surface area (Å²) in [6.07, 6.45) is 4.40. The van der Waals surface area contributed by atoms with Gasteiger partial charge in [-0.1, -0.05) is 134 Å². The second-order valence-corrected chi connectivity index (χ2v) is 25.5. The van der Waals surface area contributed by atoms with Crippen molar-refractivity contribution in [2.75, 3.05) is 9.80 Å². The molecule has 0 aromatic heterocycles. The number of fused-ring (bicyclic) bond motifs is 7. The second kappa shape index (κ2) is 12.5. The van der Waals surface area contributed by atoms with Gasteiger partial charge in [-0.15, -0.1) is 0 Å². The molecule has 3 heteroatoms. The molecule has 0 spiro atoms. The number of nitrogens with zero attached hydrogens (tertiary/aromatic N) is 2. The van der Waals surface area contributed by atoms with Crippen LogP contribution in [0.15, 0.2) is 66.7 Å². The molecular weight excluding hydrogens is 747 g/mol. The first-order valence-corrected chi connectivity index (χ1v) is 23.7. The maximum absolute atomic E-state index is 9.17. The van der Waals surface area contributed by atoms with Gasteiger partial charge in [-0.25, -0.2) is 0 Å². The molecule has 0 amide bonds. The maximum atomic E-state index is 9.17. The predicted molar refractivity (Wildman–Crippen MR) is 270 cm³/mol. The summed E-state index contributed by atoms with van der Waals surface area (Å²) in [4.78, 5) is 5.00. The molecule has 0 unspecified atom stereocenters. The smallest absolute Gasteiger partial charge is 0.252 e. The predicted octanol–water partition coefficient (Wildman–Crippen LogP) is 14.3. The summed E-state index contributed by atoms with van der Waals surface area (Å²) in [6.45, 7) is 38.0. The molecule has 62 heavy (non-hydrogen) atoms. The van der Waals surface area contributed by atoms with Gasteiger partial charge in [-0.2, -0.15) is 0 Å². The SMILES string of the molecule is [2H]C([2H])([2H])c1cc2c3c(c1)N(c1ccc4c(c1C)C(C)(C)CC4(C)C)c1cc(C(C)(C)C)ccc1B3c1cc3c(cc1N2c1cc2c(cc1C)C(C)(C)CC2(C)C)C(C)(C)CCC3(C)C. The largest absolute Gasteiger partial charge is 0.311 e. The van der Waals surface area contributed by atoms with Gasteiger partial charge in [0.25, 0.3) is 6.71 Å². The van der Waals surface area contributed by atoms with Crippen LogP contribution in [0.25, 0.3) is 0 Å². The lowest BCUT2D eigenvalue weighted by Crippen LogP contribution is -2.62. The summed E-state index contributed by atoms with van der Waals surface area (Å²) in [7, 11) is 0. The topological polar surface area (TPSA) is 6.48 Å². The summed E-state index contributed by atoms with van der Waals surface area (Å²) in [5, 5.41) is 0. The quantitative estimate of drug-likeness (QED) is 0.160. The van der Waals surface area contributed by atoms with Crippen LogP contribution in [0.3, 0.4) is 0 Å². The fourth-order valence-corrected chi connectivity index (χ4v) is 14.1. The Labute approximate surface area is 380 Å². The first-order valence-electron chi connectivity index (χ1n) is 25.2. The third-order valence-corrected chi connectivity index (χ3v) is 16.8. The highest BCUT2D eigenvalue weighted by molar-refractivity contribution is 7.00. The summed E-state index contributed by atoms with van der Waals surface area (Å²) in [5.41, 5.74) is 22.9. The van der Waals surface area contributed by atoms with Crippen molar-refractivity contribution in [3.8, 4) is 0 Å². The number of rotatable bonds is 2. The molecule has 322 valence electrons. The summed E-state index contributed by atoms with van der Waals surface area (Å²) >= 11 is 0. The van der Waals surface area contributed by atoms with E-state index in [2.05, 4.69) is 182 Å². The lowest BCUT2D eigenvalue weighted by Gasteiger charge is -2.48. The minimum atomic E-state index is -2.34. The molecule has 5 aromatic rings. The van der Waals surface area contributed by atoms with Crippen molar-refractivity contribution in [1.82, 2.24) is 0 Å². The van der Waals surface area contributed by atoms with E-state index < -0.39 is 6.85 Å². The van der Waals surface area contributed by atoms with E-state index in [0.29, 0.717) is 5.56 Å². The van der Waals surface area contributed by atoms with Crippen molar-refractivity contribution in [3.05, 3.63) is 122 Å². The van der Waals surface area contributed by atoms with Crippen LogP contribution in [0.5, 0.6) is 0 Å². The van der Waals surface area contributed by atoms with Gasteiger partial charge in [0.05, 0.1) is 0 Å². The van der Waals surface area contributed by atoms with Crippen LogP contribution in [-0.4, -0.2) is 6.71 Å². The van der Waals surface area contributed by atoms with E-state index in [1.807, 2.05) is 12.1 Å². The lowest BCUT2D eigenvalue weighted by atomic mass is 9.33. The fourth-order valence-electron chi connectivity index (χ4n) is 14.1. The summed E-state index contributed by atoms with van der Waals surface area (Å²) in [6, 6.07) is 26.2. The second-order valence-electron chi connectivity index (χ2n) is 25.5. The Hall–Kier alpha value is -4.24. The van der Waals surface area contributed by atoms with E-state index in [1.165, 1.54) is 72.1 Å². The molecule has 10 rings (SSSR count). The number of aryl methyl sites for hydroxylation is 2. The van der Waals surface area contributed by atoms with Crippen LogP contribution in [0.2, 0.25) is 0 Å². The highest BCUT2D eigenvalue weighted by Gasteiger charge is 2.49. The highest BCUT2D eigenvalue weighted by atomic mass is 15.2. The molecule has 5 aromatic carbocycles.